The summed E-state index contributed by atoms with van der Waals surface area (Å²) in [6, 6.07) is 7.76. The van der Waals surface area contributed by atoms with E-state index in [1.807, 2.05) is 24.3 Å². The number of carbonyl (C=O) groups is 1. The Labute approximate surface area is 84.5 Å². The van der Waals surface area contributed by atoms with E-state index in [4.69, 9.17) is 0 Å². The molecule has 1 aliphatic carbocycles. The molecule has 1 aromatic rings. The van der Waals surface area contributed by atoms with Gasteiger partial charge in [0.2, 0.25) is 0 Å². The lowest BCUT2D eigenvalue weighted by molar-refractivity contribution is 0.112. The average molecular weight is 186 g/mol. The van der Waals surface area contributed by atoms with E-state index in [0.717, 1.165) is 11.8 Å². The van der Waals surface area contributed by atoms with Crippen LogP contribution >= 0.6 is 0 Å². The van der Waals surface area contributed by atoms with Crippen LogP contribution in [0.1, 0.15) is 41.6 Å². The Morgan fingerprint density at radius 2 is 1.50 bits per heavy atom. The summed E-state index contributed by atoms with van der Waals surface area (Å²) in [7, 11) is 0. The molecule has 72 valence electrons. The molecule has 1 saturated carbocycles. The van der Waals surface area contributed by atoms with E-state index in [-0.39, 0.29) is 0 Å². The summed E-state index contributed by atoms with van der Waals surface area (Å²) in [6.07, 6.45) is 8.29. The van der Waals surface area contributed by atoms with Crippen LogP contribution in [0, 0.1) is 0 Å². The molecule has 0 heterocycles. The minimum atomic E-state index is 0.749. The Bertz CT molecular complexity index is 338. The van der Waals surface area contributed by atoms with Crippen LogP contribution in [-0.2, 0) is 0 Å². The molecule has 0 aliphatic heterocycles. The second-order valence-electron chi connectivity index (χ2n) is 3.79. The third kappa shape index (κ3) is 2.11. The highest BCUT2D eigenvalue weighted by atomic mass is 16.1. The number of benzene rings is 1. The number of aldehydes is 1. The zero-order chi connectivity index (χ0) is 9.80. The first-order valence-corrected chi connectivity index (χ1v) is 5.13. The van der Waals surface area contributed by atoms with Crippen LogP contribution in [0.25, 0.3) is 6.08 Å². The van der Waals surface area contributed by atoms with Gasteiger partial charge in [0.25, 0.3) is 0 Å². The summed E-state index contributed by atoms with van der Waals surface area (Å²) in [5.74, 6) is 0. The molecule has 1 fully saturated rings. The molecule has 0 saturated heterocycles. The van der Waals surface area contributed by atoms with E-state index in [1.165, 1.54) is 31.2 Å². The van der Waals surface area contributed by atoms with Gasteiger partial charge < -0.3 is 0 Å². The Balaban J connectivity index is 2.16. The average Bonchev–Trinajstić information content (AvgIpc) is 2.72. The van der Waals surface area contributed by atoms with Crippen molar-refractivity contribution in [1.29, 1.82) is 0 Å². The fourth-order valence-corrected chi connectivity index (χ4v) is 1.88. The van der Waals surface area contributed by atoms with Gasteiger partial charge in [-0.2, -0.15) is 0 Å². The number of rotatable bonds is 2. The van der Waals surface area contributed by atoms with Crippen molar-refractivity contribution < 1.29 is 4.79 Å². The Morgan fingerprint density at radius 3 is 2.07 bits per heavy atom. The molecule has 0 N–H and O–H groups in total. The van der Waals surface area contributed by atoms with Gasteiger partial charge in [-0.25, -0.2) is 0 Å². The largest absolute Gasteiger partial charge is 0.298 e. The highest BCUT2D eigenvalue weighted by Crippen LogP contribution is 2.25. The SMILES string of the molecule is O=Cc1ccc(C=C2CCCC2)cc1. The molecular weight excluding hydrogens is 172 g/mol. The molecule has 14 heavy (non-hydrogen) atoms. The van der Waals surface area contributed by atoms with Gasteiger partial charge in [0, 0.05) is 5.56 Å². The summed E-state index contributed by atoms with van der Waals surface area (Å²) >= 11 is 0. The molecule has 0 aromatic heterocycles. The van der Waals surface area contributed by atoms with Gasteiger partial charge in [0.15, 0.2) is 0 Å². The highest BCUT2D eigenvalue weighted by molar-refractivity contribution is 5.75. The molecule has 1 heteroatoms. The smallest absolute Gasteiger partial charge is 0.150 e. The van der Waals surface area contributed by atoms with Gasteiger partial charge in [-0.3, -0.25) is 4.79 Å². The first-order valence-electron chi connectivity index (χ1n) is 5.13. The third-order valence-electron chi connectivity index (χ3n) is 2.69. The standard InChI is InChI=1S/C13H14O/c14-10-13-7-5-12(6-8-13)9-11-3-1-2-4-11/h5-10H,1-4H2. The van der Waals surface area contributed by atoms with Gasteiger partial charge >= 0.3 is 0 Å². The monoisotopic (exact) mass is 186 g/mol. The molecular formula is C13H14O. The maximum absolute atomic E-state index is 10.4. The second-order valence-corrected chi connectivity index (χ2v) is 3.79. The van der Waals surface area contributed by atoms with Crippen molar-refractivity contribution in [3.8, 4) is 0 Å². The zero-order valence-corrected chi connectivity index (χ0v) is 8.20. The van der Waals surface area contributed by atoms with Crippen LogP contribution < -0.4 is 0 Å². The second kappa shape index (κ2) is 4.23. The molecule has 0 unspecified atom stereocenters. The van der Waals surface area contributed by atoms with E-state index in [0.29, 0.717) is 0 Å². The Morgan fingerprint density at radius 1 is 0.929 bits per heavy atom. The van der Waals surface area contributed by atoms with Gasteiger partial charge in [0.1, 0.15) is 6.29 Å². The molecule has 1 aromatic carbocycles. The predicted molar refractivity (Wildman–Crippen MR) is 58.3 cm³/mol. The van der Waals surface area contributed by atoms with Crippen molar-refractivity contribution in [2.45, 2.75) is 25.7 Å². The van der Waals surface area contributed by atoms with Crippen molar-refractivity contribution in [2.24, 2.45) is 0 Å². The highest BCUT2D eigenvalue weighted by Gasteiger charge is 2.05. The van der Waals surface area contributed by atoms with Crippen molar-refractivity contribution in [3.05, 3.63) is 41.0 Å². The van der Waals surface area contributed by atoms with Crippen LogP contribution in [0.3, 0.4) is 0 Å². The molecule has 0 atom stereocenters. The topological polar surface area (TPSA) is 17.1 Å². The number of hydrogen-bond donors (Lipinski definition) is 0. The summed E-state index contributed by atoms with van der Waals surface area (Å²) in [5.41, 5.74) is 3.51. The molecule has 2 rings (SSSR count). The lowest BCUT2D eigenvalue weighted by atomic mass is 10.1. The third-order valence-corrected chi connectivity index (χ3v) is 2.69. The lowest BCUT2D eigenvalue weighted by Crippen LogP contribution is -1.80. The molecule has 0 bridgehead atoms. The normalized spacial score (nSPS) is 15.6. The van der Waals surface area contributed by atoms with Crippen molar-refractivity contribution >= 4 is 12.4 Å². The van der Waals surface area contributed by atoms with E-state index >= 15 is 0 Å². The van der Waals surface area contributed by atoms with Gasteiger partial charge in [-0.05, 0) is 31.2 Å². The fourth-order valence-electron chi connectivity index (χ4n) is 1.88. The lowest BCUT2D eigenvalue weighted by Gasteiger charge is -1.97. The molecule has 1 nitrogen and oxygen atoms in total. The predicted octanol–water partition coefficient (Wildman–Crippen LogP) is 3.46. The van der Waals surface area contributed by atoms with Crippen LogP contribution in [-0.4, -0.2) is 6.29 Å². The molecule has 0 spiro atoms. The van der Waals surface area contributed by atoms with E-state index in [9.17, 15) is 4.79 Å². The summed E-state index contributed by atoms with van der Waals surface area (Å²) in [5, 5.41) is 0. The first kappa shape index (κ1) is 9.20. The zero-order valence-electron chi connectivity index (χ0n) is 8.20. The van der Waals surface area contributed by atoms with Crippen molar-refractivity contribution in [3.63, 3.8) is 0 Å². The van der Waals surface area contributed by atoms with Crippen LogP contribution in [0.2, 0.25) is 0 Å². The number of allylic oxidation sites excluding steroid dienone is 1. The first-order chi connectivity index (χ1) is 6.88. The Hall–Kier alpha value is -1.37. The molecule has 1 aliphatic rings. The minimum Gasteiger partial charge on any atom is -0.298 e. The van der Waals surface area contributed by atoms with Crippen molar-refractivity contribution in [2.75, 3.05) is 0 Å². The van der Waals surface area contributed by atoms with Crippen molar-refractivity contribution in [1.82, 2.24) is 0 Å². The maximum Gasteiger partial charge on any atom is 0.150 e. The van der Waals surface area contributed by atoms with Gasteiger partial charge in [-0.1, -0.05) is 35.9 Å². The molecule has 0 amide bonds. The summed E-state index contributed by atoms with van der Waals surface area (Å²) in [6.45, 7) is 0. The van der Waals surface area contributed by atoms with Crippen LogP contribution in [0.15, 0.2) is 29.8 Å². The van der Waals surface area contributed by atoms with Gasteiger partial charge in [-0.15, -0.1) is 0 Å². The fraction of sp³-hybridized carbons (Fsp3) is 0.308. The summed E-state index contributed by atoms with van der Waals surface area (Å²) in [4.78, 5) is 10.4. The maximum atomic E-state index is 10.4. The number of hydrogen-bond acceptors (Lipinski definition) is 1. The quantitative estimate of drug-likeness (QED) is 0.646. The number of carbonyl (C=O) groups excluding carboxylic acids is 1. The minimum absolute atomic E-state index is 0.749. The van der Waals surface area contributed by atoms with E-state index in [1.54, 1.807) is 5.57 Å². The van der Waals surface area contributed by atoms with E-state index in [2.05, 4.69) is 6.08 Å². The van der Waals surface area contributed by atoms with E-state index < -0.39 is 0 Å². The van der Waals surface area contributed by atoms with Crippen LogP contribution in [0.5, 0.6) is 0 Å². The molecule has 0 radical (unpaired) electrons. The van der Waals surface area contributed by atoms with Crippen LogP contribution in [0.4, 0.5) is 0 Å². The Kier molecular flexibility index (Phi) is 2.78. The van der Waals surface area contributed by atoms with Gasteiger partial charge in [0.05, 0.1) is 0 Å². The summed E-state index contributed by atoms with van der Waals surface area (Å²) < 4.78 is 0.